The summed E-state index contributed by atoms with van der Waals surface area (Å²) in [5.41, 5.74) is -1.04. The molecular formula is C8H8O6. The minimum atomic E-state index is -1.45. The van der Waals surface area contributed by atoms with Crippen LogP contribution in [-0.2, 0) is 9.59 Å². The van der Waals surface area contributed by atoms with E-state index in [0.717, 1.165) is 12.2 Å². The number of aliphatic carboxylic acids is 2. The molecule has 1 rings (SSSR count). The second-order valence-electron chi connectivity index (χ2n) is 2.75. The molecule has 2 atom stereocenters. The number of carboxylic acids is 2. The molecule has 0 saturated carbocycles. The van der Waals surface area contributed by atoms with Crippen molar-refractivity contribution < 1.29 is 30.0 Å². The normalized spacial score (nSPS) is 26.4. The first-order valence-corrected chi connectivity index (χ1v) is 3.70. The molecule has 0 aromatic carbocycles. The molecule has 0 aromatic heterocycles. The van der Waals surface area contributed by atoms with E-state index >= 15 is 0 Å². The summed E-state index contributed by atoms with van der Waals surface area (Å²) >= 11 is 0. The standard InChI is InChI=1S/C8H8O6/c9-5-1-3(7(11)12)4(8(13)14)2-6(5)10/h1-2,5-6,9-10H,(H,11,12)(H,13,14)/t5-,6+. The molecule has 1 aliphatic carbocycles. The van der Waals surface area contributed by atoms with E-state index in [1.165, 1.54) is 0 Å². The topological polar surface area (TPSA) is 115 Å². The van der Waals surface area contributed by atoms with Crippen molar-refractivity contribution in [2.24, 2.45) is 0 Å². The van der Waals surface area contributed by atoms with Crippen LogP contribution in [0.1, 0.15) is 0 Å². The van der Waals surface area contributed by atoms with Crippen molar-refractivity contribution >= 4 is 11.9 Å². The average Bonchev–Trinajstić information content (AvgIpc) is 2.08. The van der Waals surface area contributed by atoms with Crippen LogP contribution < -0.4 is 0 Å². The molecule has 6 heteroatoms. The van der Waals surface area contributed by atoms with Gasteiger partial charge in [0.1, 0.15) is 12.2 Å². The van der Waals surface area contributed by atoms with Crippen molar-refractivity contribution in [2.75, 3.05) is 0 Å². The fraction of sp³-hybridized carbons (Fsp3) is 0.250. The van der Waals surface area contributed by atoms with Gasteiger partial charge in [0, 0.05) is 0 Å². The lowest BCUT2D eigenvalue weighted by atomic mass is 9.94. The number of aliphatic hydroxyl groups excluding tert-OH is 2. The van der Waals surface area contributed by atoms with E-state index in [2.05, 4.69) is 0 Å². The third-order valence-electron chi connectivity index (χ3n) is 1.78. The third kappa shape index (κ3) is 1.81. The molecule has 0 heterocycles. The molecular weight excluding hydrogens is 192 g/mol. The molecule has 4 N–H and O–H groups in total. The monoisotopic (exact) mass is 200 g/mol. The summed E-state index contributed by atoms with van der Waals surface area (Å²) in [5, 5.41) is 35.3. The Morgan fingerprint density at radius 2 is 1.21 bits per heavy atom. The van der Waals surface area contributed by atoms with Gasteiger partial charge in [-0.05, 0) is 12.2 Å². The summed E-state index contributed by atoms with van der Waals surface area (Å²) in [6, 6.07) is 0. The Morgan fingerprint density at radius 3 is 1.43 bits per heavy atom. The van der Waals surface area contributed by atoms with Crippen LogP contribution in [0.15, 0.2) is 23.3 Å². The summed E-state index contributed by atoms with van der Waals surface area (Å²) < 4.78 is 0. The molecule has 0 radical (unpaired) electrons. The second kappa shape index (κ2) is 3.60. The van der Waals surface area contributed by atoms with Crippen LogP contribution in [0.25, 0.3) is 0 Å². The summed E-state index contributed by atoms with van der Waals surface area (Å²) in [7, 11) is 0. The summed E-state index contributed by atoms with van der Waals surface area (Å²) in [5.74, 6) is -2.91. The lowest BCUT2D eigenvalue weighted by Gasteiger charge is -2.18. The molecule has 14 heavy (non-hydrogen) atoms. The van der Waals surface area contributed by atoms with E-state index in [0.29, 0.717) is 0 Å². The zero-order valence-electron chi connectivity index (χ0n) is 6.91. The van der Waals surface area contributed by atoms with E-state index < -0.39 is 35.3 Å². The second-order valence-corrected chi connectivity index (χ2v) is 2.75. The Balaban J connectivity index is 3.13. The zero-order valence-corrected chi connectivity index (χ0v) is 6.91. The van der Waals surface area contributed by atoms with Crippen molar-refractivity contribution in [1.82, 2.24) is 0 Å². The molecule has 0 aromatic rings. The number of rotatable bonds is 2. The highest BCUT2D eigenvalue weighted by Gasteiger charge is 2.28. The summed E-state index contributed by atoms with van der Waals surface area (Å²) in [6.45, 7) is 0. The van der Waals surface area contributed by atoms with E-state index in [4.69, 9.17) is 20.4 Å². The van der Waals surface area contributed by atoms with Crippen LogP contribution in [0.2, 0.25) is 0 Å². The van der Waals surface area contributed by atoms with E-state index in [1.807, 2.05) is 0 Å². The number of aliphatic hydroxyl groups is 2. The fourth-order valence-electron chi connectivity index (χ4n) is 1.09. The van der Waals surface area contributed by atoms with Gasteiger partial charge in [0.25, 0.3) is 0 Å². The minimum Gasteiger partial charge on any atom is -0.478 e. The first-order chi connectivity index (χ1) is 6.43. The Hall–Kier alpha value is -1.66. The molecule has 0 amide bonds. The van der Waals surface area contributed by atoms with Crippen molar-refractivity contribution in [3.8, 4) is 0 Å². The highest BCUT2D eigenvalue weighted by atomic mass is 16.4. The maximum absolute atomic E-state index is 10.6. The van der Waals surface area contributed by atoms with Crippen LogP contribution in [0.4, 0.5) is 0 Å². The number of carbonyl (C=O) groups is 2. The Bertz CT molecular complexity index is 306. The van der Waals surface area contributed by atoms with Crippen LogP contribution in [0, 0.1) is 0 Å². The Kier molecular flexibility index (Phi) is 2.68. The van der Waals surface area contributed by atoms with Gasteiger partial charge >= 0.3 is 11.9 Å². The summed E-state index contributed by atoms with van der Waals surface area (Å²) in [4.78, 5) is 21.1. The molecule has 0 aliphatic heterocycles. The molecule has 0 fully saturated rings. The van der Waals surface area contributed by atoms with E-state index in [9.17, 15) is 9.59 Å². The molecule has 6 nitrogen and oxygen atoms in total. The van der Waals surface area contributed by atoms with Crippen LogP contribution >= 0.6 is 0 Å². The van der Waals surface area contributed by atoms with Crippen molar-refractivity contribution in [3.63, 3.8) is 0 Å². The quantitative estimate of drug-likeness (QED) is 0.442. The zero-order chi connectivity index (χ0) is 10.9. The van der Waals surface area contributed by atoms with Gasteiger partial charge in [0.2, 0.25) is 0 Å². The number of hydrogen-bond acceptors (Lipinski definition) is 4. The molecule has 1 aliphatic rings. The van der Waals surface area contributed by atoms with Gasteiger partial charge in [-0.1, -0.05) is 0 Å². The fourth-order valence-corrected chi connectivity index (χ4v) is 1.09. The molecule has 0 saturated heterocycles. The molecule has 76 valence electrons. The predicted molar refractivity (Wildman–Crippen MR) is 43.5 cm³/mol. The first kappa shape index (κ1) is 10.4. The average molecular weight is 200 g/mol. The van der Waals surface area contributed by atoms with Crippen molar-refractivity contribution in [1.29, 1.82) is 0 Å². The van der Waals surface area contributed by atoms with Gasteiger partial charge in [-0.25, -0.2) is 9.59 Å². The number of hydrogen-bond donors (Lipinski definition) is 4. The van der Waals surface area contributed by atoms with Crippen LogP contribution in [-0.4, -0.2) is 44.6 Å². The third-order valence-corrected chi connectivity index (χ3v) is 1.78. The molecule has 0 unspecified atom stereocenters. The maximum atomic E-state index is 10.6. The SMILES string of the molecule is O=C(O)C1=C[C@@H](O)[C@@H](O)C=C1C(=O)O. The highest BCUT2D eigenvalue weighted by Crippen LogP contribution is 2.19. The van der Waals surface area contributed by atoms with Gasteiger partial charge < -0.3 is 20.4 Å². The van der Waals surface area contributed by atoms with Gasteiger partial charge in [0.05, 0.1) is 11.1 Å². The number of carboxylic acid groups (broad SMARTS) is 2. The Labute approximate surface area is 78.4 Å². The largest absolute Gasteiger partial charge is 0.478 e. The maximum Gasteiger partial charge on any atom is 0.336 e. The van der Waals surface area contributed by atoms with Gasteiger partial charge in [-0.2, -0.15) is 0 Å². The van der Waals surface area contributed by atoms with Gasteiger partial charge in [-0.15, -0.1) is 0 Å². The van der Waals surface area contributed by atoms with Gasteiger partial charge in [-0.3, -0.25) is 0 Å². The minimum absolute atomic E-state index is 0.518. The van der Waals surface area contributed by atoms with E-state index in [-0.39, 0.29) is 0 Å². The molecule has 0 spiro atoms. The lowest BCUT2D eigenvalue weighted by molar-refractivity contribution is -0.136. The first-order valence-electron chi connectivity index (χ1n) is 3.70. The van der Waals surface area contributed by atoms with Crippen LogP contribution in [0.3, 0.4) is 0 Å². The lowest BCUT2D eigenvalue weighted by Crippen LogP contribution is -2.29. The van der Waals surface area contributed by atoms with Crippen LogP contribution in [0.5, 0.6) is 0 Å². The highest BCUT2D eigenvalue weighted by molar-refractivity contribution is 6.06. The predicted octanol–water partition coefficient (Wildman–Crippen LogP) is -1.26. The van der Waals surface area contributed by atoms with Crippen molar-refractivity contribution in [2.45, 2.75) is 12.2 Å². The van der Waals surface area contributed by atoms with Crippen molar-refractivity contribution in [3.05, 3.63) is 23.3 Å². The Morgan fingerprint density at radius 1 is 0.929 bits per heavy atom. The molecule has 0 bridgehead atoms. The summed E-state index contributed by atoms with van der Waals surface area (Å²) in [6.07, 6.45) is -1.17. The smallest absolute Gasteiger partial charge is 0.336 e. The van der Waals surface area contributed by atoms with Gasteiger partial charge in [0.15, 0.2) is 0 Å². The van der Waals surface area contributed by atoms with E-state index in [1.54, 1.807) is 0 Å².